The van der Waals surface area contributed by atoms with Crippen LogP contribution < -0.4 is 0 Å². The number of hydrogen-bond acceptors (Lipinski definition) is 1. The molecule has 0 aliphatic rings. The first kappa shape index (κ1) is 23.5. The normalized spacial score (nSPS) is 11.5. The van der Waals surface area contributed by atoms with Crippen LogP contribution in [0.25, 0.3) is 10.1 Å². The number of unbranched alkanes of at least 4 members (excludes halogenated alkanes) is 15. The van der Waals surface area contributed by atoms with Crippen molar-refractivity contribution in [2.24, 2.45) is 0 Å². The fourth-order valence-electron chi connectivity index (χ4n) is 4.30. The lowest BCUT2D eigenvalue weighted by Gasteiger charge is -2.04. The van der Waals surface area contributed by atoms with Crippen molar-refractivity contribution in [2.45, 2.75) is 123 Å². The van der Waals surface area contributed by atoms with Gasteiger partial charge in [0, 0.05) is 9.58 Å². The summed E-state index contributed by atoms with van der Waals surface area (Å²) in [6.45, 7) is 4.61. The van der Waals surface area contributed by atoms with Crippen molar-refractivity contribution < 1.29 is 0 Å². The minimum absolute atomic E-state index is 1.28. The van der Waals surface area contributed by atoms with E-state index >= 15 is 0 Å². The van der Waals surface area contributed by atoms with Gasteiger partial charge in [0.05, 0.1) is 0 Å². The Labute approximate surface area is 179 Å². The lowest BCUT2D eigenvalue weighted by atomic mass is 10.0. The summed E-state index contributed by atoms with van der Waals surface area (Å²) in [7, 11) is 0. The van der Waals surface area contributed by atoms with Gasteiger partial charge < -0.3 is 0 Å². The van der Waals surface area contributed by atoms with Gasteiger partial charge in [0.1, 0.15) is 0 Å². The van der Waals surface area contributed by atoms with E-state index in [0.717, 1.165) is 0 Å². The largest absolute Gasteiger partial charge is 0.140 e. The van der Waals surface area contributed by atoms with E-state index in [9.17, 15) is 0 Å². The molecule has 0 fully saturated rings. The van der Waals surface area contributed by atoms with E-state index in [1.807, 2.05) is 11.3 Å². The second-order valence-electron chi connectivity index (χ2n) is 8.70. The molecule has 0 amide bonds. The molecule has 1 aromatic heterocycles. The van der Waals surface area contributed by atoms with Gasteiger partial charge in [-0.1, -0.05) is 121 Å². The van der Waals surface area contributed by atoms with Crippen molar-refractivity contribution in [2.75, 3.05) is 0 Å². The minimum Gasteiger partial charge on any atom is -0.140 e. The highest BCUT2D eigenvalue weighted by Gasteiger charge is 2.07. The molecule has 0 spiro atoms. The van der Waals surface area contributed by atoms with Gasteiger partial charge in [-0.2, -0.15) is 0 Å². The monoisotopic (exact) mass is 400 g/mol. The second kappa shape index (κ2) is 15.1. The number of fused-ring (bicyclic) bond motifs is 1. The number of rotatable bonds is 17. The van der Waals surface area contributed by atoms with E-state index in [4.69, 9.17) is 0 Å². The zero-order valence-electron chi connectivity index (χ0n) is 18.7. The fourth-order valence-corrected chi connectivity index (χ4v) is 5.55. The number of hydrogen-bond donors (Lipinski definition) is 0. The van der Waals surface area contributed by atoms with Crippen LogP contribution in [0, 0.1) is 6.92 Å². The maximum atomic E-state index is 2.31. The van der Waals surface area contributed by atoms with E-state index < -0.39 is 0 Å². The van der Waals surface area contributed by atoms with Crippen LogP contribution in [0.2, 0.25) is 0 Å². The Morgan fingerprint density at radius 1 is 0.607 bits per heavy atom. The number of aryl methyl sites for hydroxylation is 2. The molecule has 0 aliphatic carbocycles. The molecule has 0 saturated heterocycles. The summed E-state index contributed by atoms with van der Waals surface area (Å²) in [5.41, 5.74) is 1.53. The van der Waals surface area contributed by atoms with Gasteiger partial charge in [-0.15, -0.1) is 11.3 Å². The molecular weight excluding hydrogens is 356 g/mol. The van der Waals surface area contributed by atoms with Crippen molar-refractivity contribution in [1.29, 1.82) is 0 Å². The molecule has 2 rings (SSSR count). The summed E-state index contributed by atoms with van der Waals surface area (Å²) in [5.74, 6) is 0. The highest BCUT2D eigenvalue weighted by molar-refractivity contribution is 7.19. The van der Waals surface area contributed by atoms with Crippen molar-refractivity contribution in [1.82, 2.24) is 0 Å². The first-order valence-electron chi connectivity index (χ1n) is 12.3. The Balaban J connectivity index is 1.37. The lowest BCUT2D eigenvalue weighted by Crippen LogP contribution is -1.86. The summed E-state index contributed by atoms with van der Waals surface area (Å²) in [5, 5.41) is 1.47. The van der Waals surface area contributed by atoms with Crippen molar-refractivity contribution in [3.05, 3.63) is 34.7 Å². The maximum Gasteiger partial charge on any atom is 0.0348 e. The summed E-state index contributed by atoms with van der Waals surface area (Å²) in [6.07, 6.45) is 24.4. The van der Waals surface area contributed by atoms with Crippen LogP contribution >= 0.6 is 11.3 Å². The minimum atomic E-state index is 1.28. The summed E-state index contributed by atoms with van der Waals surface area (Å²) in [4.78, 5) is 1.62. The Hall–Kier alpha value is -0.820. The highest BCUT2D eigenvalue weighted by atomic mass is 32.1. The predicted octanol–water partition coefficient (Wildman–Crippen LogP) is 10.0. The van der Waals surface area contributed by atoms with Crippen molar-refractivity contribution in [3.63, 3.8) is 0 Å². The molecule has 0 radical (unpaired) electrons. The van der Waals surface area contributed by atoms with Crippen LogP contribution in [-0.2, 0) is 6.42 Å². The van der Waals surface area contributed by atoms with Gasteiger partial charge in [0.15, 0.2) is 0 Å². The Morgan fingerprint density at radius 2 is 1.07 bits per heavy atom. The third kappa shape index (κ3) is 9.12. The first-order valence-corrected chi connectivity index (χ1v) is 13.1. The van der Waals surface area contributed by atoms with Crippen LogP contribution in [0.4, 0.5) is 0 Å². The van der Waals surface area contributed by atoms with E-state index in [-0.39, 0.29) is 0 Å². The SMILES string of the molecule is CCCCCCCCCCCCCCCCCCc1sc2ccccc2c1C. The maximum absolute atomic E-state index is 2.31. The summed E-state index contributed by atoms with van der Waals surface area (Å²) < 4.78 is 1.46. The molecule has 0 nitrogen and oxygen atoms in total. The fraction of sp³-hybridized carbons (Fsp3) is 0.704. The molecule has 1 aromatic carbocycles. The van der Waals surface area contributed by atoms with Crippen molar-refractivity contribution >= 4 is 21.4 Å². The molecule has 0 atom stereocenters. The van der Waals surface area contributed by atoms with Crippen LogP contribution in [0.15, 0.2) is 24.3 Å². The third-order valence-electron chi connectivity index (χ3n) is 6.20. The Kier molecular flexibility index (Phi) is 12.6. The van der Waals surface area contributed by atoms with Crippen molar-refractivity contribution in [3.8, 4) is 0 Å². The molecule has 0 aliphatic heterocycles. The van der Waals surface area contributed by atoms with Gasteiger partial charge in [-0.25, -0.2) is 0 Å². The number of benzene rings is 1. The average molecular weight is 401 g/mol. The van der Waals surface area contributed by atoms with Gasteiger partial charge in [0.2, 0.25) is 0 Å². The Morgan fingerprint density at radius 3 is 1.57 bits per heavy atom. The van der Waals surface area contributed by atoms with Crippen LogP contribution in [0.1, 0.15) is 120 Å². The third-order valence-corrected chi connectivity index (χ3v) is 7.53. The quantitative estimate of drug-likeness (QED) is 0.232. The highest BCUT2D eigenvalue weighted by Crippen LogP contribution is 2.31. The van der Waals surface area contributed by atoms with Gasteiger partial charge in [-0.05, 0) is 36.8 Å². The zero-order valence-corrected chi connectivity index (χ0v) is 19.6. The molecule has 2 aromatic rings. The molecule has 158 valence electrons. The molecule has 0 N–H and O–H groups in total. The van der Waals surface area contributed by atoms with E-state index in [1.165, 1.54) is 125 Å². The molecule has 1 heteroatoms. The van der Waals surface area contributed by atoms with Crippen LogP contribution in [0.3, 0.4) is 0 Å². The molecule has 28 heavy (non-hydrogen) atoms. The average Bonchev–Trinajstić information content (AvgIpc) is 3.03. The zero-order chi connectivity index (χ0) is 19.9. The second-order valence-corrected chi connectivity index (χ2v) is 9.84. The molecule has 0 unspecified atom stereocenters. The first-order chi connectivity index (χ1) is 13.8. The van der Waals surface area contributed by atoms with E-state index in [1.54, 1.807) is 4.88 Å². The van der Waals surface area contributed by atoms with Gasteiger partial charge in [-0.3, -0.25) is 0 Å². The smallest absolute Gasteiger partial charge is 0.0348 e. The standard InChI is InChI=1S/C27H44S/c1-3-4-5-6-7-8-9-10-11-12-13-14-15-16-17-18-22-26-24(2)25-21-19-20-23-27(25)28-26/h19-21,23H,3-18,22H2,1-2H3. The van der Waals surface area contributed by atoms with Crippen LogP contribution in [0.5, 0.6) is 0 Å². The molecule has 0 bridgehead atoms. The van der Waals surface area contributed by atoms with Crippen LogP contribution in [-0.4, -0.2) is 0 Å². The van der Waals surface area contributed by atoms with E-state index in [0.29, 0.717) is 0 Å². The summed E-state index contributed by atoms with van der Waals surface area (Å²) >= 11 is 2.01. The Bertz CT molecular complexity index is 624. The van der Waals surface area contributed by atoms with Gasteiger partial charge in [0.25, 0.3) is 0 Å². The summed E-state index contributed by atoms with van der Waals surface area (Å²) in [6, 6.07) is 8.87. The molecular formula is C27H44S. The molecule has 0 saturated carbocycles. The predicted molar refractivity (Wildman–Crippen MR) is 130 cm³/mol. The lowest BCUT2D eigenvalue weighted by molar-refractivity contribution is 0.529. The number of thiophene rings is 1. The van der Waals surface area contributed by atoms with E-state index in [2.05, 4.69) is 38.1 Å². The van der Waals surface area contributed by atoms with Gasteiger partial charge >= 0.3 is 0 Å². The molecule has 1 heterocycles. The topological polar surface area (TPSA) is 0 Å².